The number of hydrogen-bond acceptors (Lipinski definition) is 13. The monoisotopic (exact) mass is 470 g/mol. The van der Waals surface area contributed by atoms with Crippen molar-refractivity contribution >= 4 is 5.97 Å². The van der Waals surface area contributed by atoms with E-state index in [4.69, 9.17) is 18.9 Å². The van der Waals surface area contributed by atoms with Gasteiger partial charge in [-0.2, -0.15) is 0 Å². The number of carbonyl (C=O) groups is 1. The molecule has 0 amide bonds. The summed E-state index contributed by atoms with van der Waals surface area (Å²) >= 11 is 0. The van der Waals surface area contributed by atoms with Crippen molar-refractivity contribution in [3.05, 3.63) is 0 Å². The van der Waals surface area contributed by atoms with E-state index in [0.717, 1.165) is 19.3 Å². The quantitative estimate of drug-likeness (QED) is 0.107. The molecule has 1 unspecified atom stereocenters. The lowest BCUT2D eigenvalue weighted by Gasteiger charge is -2.49. The number of esters is 1. The molecule has 0 aliphatic carbocycles. The molecule has 2 aliphatic rings. The van der Waals surface area contributed by atoms with Crippen molar-refractivity contribution in [3.8, 4) is 0 Å². The first-order valence-corrected chi connectivity index (χ1v) is 10.6. The van der Waals surface area contributed by atoms with E-state index in [-0.39, 0.29) is 6.61 Å². The molecule has 0 spiro atoms. The molecule has 2 aliphatic heterocycles. The first kappa shape index (κ1) is 27.3. The van der Waals surface area contributed by atoms with Crippen LogP contribution in [0.1, 0.15) is 32.6 Å². The third kappa shape index (κ3) is 5.08. The molecule has 9 atom stereocenters. The number of carbonyl (C=O) groups excluding carboxylic acids is 1. The van der Waals surface area contributed by atoms with Crippen LogP contribution in [-0.2, 0) is 23.7 Å². The minimum Gasteiger partial charge on any atom is -0.462 e. The fourth-order valence-corrected chi connectivity index (χ4v) is 3.74. The molecule has 0 aromatic rings. The molecular weight excluding hydrogens is 436 g/mol. The summed E-state index contributed by atoms with van der Waals surface area (Å²) in [5.74, 6) is -6.93. The molecule has 13 nitrogen and oxygen atoms in total. The Labute approximate surface area is 184 Å². The standard InChI is InChI=1S/C19H34O13/c1-2-3-4-5-6-29-17(28)19(16(27)14(25)12(23)10(7-20)31-19)32-18(9-22)15(26)13(24)11(8-21)30-18/h10-16,20-27H,2-9H2,1H3/t10-,11-,12-,13-,14+,15+,16-,18?,19-/m1/s1. The second kappa shape index (κ2) is 11.4. The third-order valence-electron chi connectivity index (χ3n) is 5.70. The molecule has 2 heterocycles. The molecule has 32 heavy (non-hydrogen) atoms. The summed E-state index contributed by atoms with van der Waals surface area (Å²) in [5, 5.41) is 80.2. The smallest absolute Gasteiger partial charge is 0.370 e. The van der Waals surface area contributed by atoms with Crippen molar-refractivity contribution in [2.24, 2.45) is 0 Å². The van der Waals surface area contributed by atoms with Crippen molar-refractivity contribution < 1.29 is 64.6 Å². The Morgan fingerprint density at radius 3 is 2.00 bits per heavy atom. The number of rotatable bonds is 11. The average Bonchev–Trinajstić information content (AvgIpc) is 3.04. The maximum absolute atomic E-state index is 13.0. The fourth-order valence-electron chi connectivity index (χ4n) is 3.74. The van der Waals surface area contributed by atoms with Crippen LogP contribution in [0.25, 0.3) is 0 Å². The lowest BCUT2D eigenvalue weighted by Crippen LogP contribution is -2.72. The predicted octanol–water partition coefficient (Wildman–Crippen LogP) is -3.90. The Balaban J connectivity index is 2.38. The highest BCUT2D eigenvalue weighted by Gasteiger charge is 2.67. The van der Waals surface area contributed by atoms with E-state index in [1.165, 1.54) is 0 Å². The summed E-state index contributed by atoms with van der Waals surface area (Å²) in [4.78, 5) is 13.0. The molecule has 8 N–H and O–H groups in total. The third-order valence-corrected chi connectivity index (χ3v) is 5.70. The molecule has 13 heteroatoms. The van der Waals surface area contributed by atoms with E-state index in [9.17, 15) is 45.6 Å². The largest absolute Gasteiger partial charge is 0.462 e. The van der Waals surface area contributed by atoms with Gasteiger partial charge in [-0.25, -0.2) is 4.79 Å². The summed E-state index contributed by atoms with van der Waals surface area (Å²) in [6.07, 6.45) is -10.0. The molecule has 0 radical (unpaired) electrons. The maximum Gasteiger partial charge on any atom is 0.370 e. The normalized spacial score (nSPS) is 42.2. The van der Waals surface area contributed by atoms with E-state index in [0.29, 0.717) is 6.42 Å². The maximum atomic E-state index is 13.0. The first-order chi connectivity index (χ1) is 15.1. The molecule has 0 bridgehead atoms. The van der Waals surface area contributed by atoms with Gasteiger partial charge in [0.1, 0.15) is 49.3 Å². The molecule has 2 fully saturated rings. The average molecular weight is 470 g/mol. The van der Waals surface area contributed by atoms with Crippen LogP contribution >= 0.6 is 0 Å². The van der Waals surface area contributed by atoms with E-state index in [1.54, 1.807) is 0 Å². The van der Waals surface area contributed by atoms with Crippen molar-refractivity contribution in [1.29, 1.82) is 0 Å². The van der Waals surface area contributed by atoms with E-state index < -0.39 is 80.1 Å². The Morgan fingerprint density at radius 1 is 0.844 bits per heavy atom. The van der Waals surface area contributed by atoms with Crippen LogP contribution in [0.3, 0.4) is 0 Å². The second-order valence-corrected chi connectivity index (χ2v) is 7.98. The molecule has 2 saturated heterocycles. The van der Waals surface area contributed by atoms with Crippen molar-refractivity contribution in [2.45, 2.75) is 86.9 Å². The minimum absolute atomic E-state index is 0.125. The lowest BCUT2D eigenvalue weighted by molar-refractivity contribution is -0.421. The highest BCUT2D eigenvalue weighted by atomic mass is 16.8. The van der Waals surface area contributed by atoms with E-state index in [2.05, 4.69) is 0 Å². The Hall–Kier alpha value is -0.970. The Bertz CT molecular complexity index is 604. The number of hydrogen-bond donors (Lipinski definition) is 8. The van der Waals surface area contributed by atoms with Crippen LogP contribution in [0.5, 0.6) is 0 Å². The molecular formula is C19H34O13. The van der Waals surface area contributed by atoms with Crippen LogP contribution in [-0.4, -0.2) is 128 Å². The van der Waals surface area contributed by atoms with Gasteiger partial charge in [-0.15, -0.1) is 0 Å². The molecule has 0 saturated carbocycles. The van der Waals surface area contributed by atoms with Gasteiger partial charge in [-0.05, 0) is 6.42 Å². The van der Waals surface area contributed by atoms with Crippen molar-refractivity contribution in [1.82, 2.24) is 0 Å². The second-order valence-electron chi connectivity index (χ2n) is 7.98. The SMILES string of the molecule is CCCCCCOC(=O)[C@@]1(OC2(CO)O[C@H](CO)[C@@H](O)[C@@H]2O)O[C@H](CO)[C@@H](O)[C@H](O)[C@H]1O. The van der Waals surface area contributed by atoms with Crippen LogP contribution in [0.15, 0.2) is 0 Å². The predicted molar refractivity (Wildman–Crippen MR) is 103 cm³/mol. The molecule has 188 valence electrons. The zero-order valence-electron chi connectivity index (χ0n) is 17.8. The first-order valence-electron chi connectivity index (χ1n) is 10.6. The van der Waals surface area contributed by atoms with Gasteiger partial charge in [0.25, 0.3) is 0 Å². The number of aliphatic hydroxyl groups is 8. The van der Waals surface area contributed by atoms with E-state index >= 15 is 0 Å². The van der Waals surface area contributed by atoms with Gasteiger partial charge in [0.2, 0.25) is 5.79 Å². The zero-order chi connectivity index (χ0) is 24.1. The number of unbranched alkanes of at least 4 members (excludes halogenated alkanes) is 3. The molecule has 0 aromatic heterocycles. The topological polar surface area (TPSA) is 216 Å². The zero-order valence-corrected chi connectivity index (χ0v) is 17.8. The van der Waals surface area contributed by atoms with Crippen molar-refractivity contribution in [2.75, 3.05) is 26.4 Å². The number of aliphatic hydroxyl groups excluding tert-OH is 8. The van der Waals surface area contributed by atoms with Gasteiger partial charge in [0.05, 0.1) is 19.8 Å². The summed E-state index contributed by atoms with van der Waals surface area (Å²) in [7, 11) is 0. The summed E-state index contributed by atoms with van der Waals surface area (Å²) in [6, 6.07) is 0. The van der Waals surface area contributed by atoms with E-state index in [1.807, 2.05) is 6.92 Å². The highest BCUT2D eigenvalue weighted by Crippen LogP contribution is 2.41. The van der Waals surface area contributed by atoms with Gasteiger partial charge in [-0.3, -0.25) is 0 Å². The Morgan fingerprint density at radius 2 is 1.47 bits per heavy atom. The Kier molecular flexibility index (Phi) is 9.75. The van der Waals surface area contributed by atoms with Gasteiger partial charge < -0.3 is 59.8 Å². The molecule has 0 aromatic carbocycles. The van der Waals surface area contributed by atoms with Gasteiger partial charge >= 0.3 is 11.8 Å². The van der Waals surface area contributed by atoms with Gasteiger partial charge in [-0.1, -0.05) is 26.2 Å². The van der Waals surface area contributed by atoms with Crippen LogP contribution in [0, 0.1) is 0 Å². The van der Waals surface area contributed by atoms with Gasteiger partial charge in [0, 0.05) is 0 Å². The minimum atomic E-state index is -2.97. The summed E-state index contributed by atoms with van der Waals surface area (Å²) in [6.45, 7) is -1.01. The molecule has 2 rings (SSSR count). The van der Waals surface area contributed by atoms with Gasteiger partial charge in [0.15, 0.2) is 0 Å². The lowest BCUT2D eigenvalue weighted by atomic mass is 9.91. The number of ether oxygens (including phenoxy) is 4. The van der Waals surface area contributed by atoms with Crippen LogP contribution in [0.4, 0.5) is 0 Å². The van der Waals surface area contributed by atoms with Crippen molar-refractivity contribution in [3.63, 3.8) is 0 Å². The van der Waals surface area contributed by atoms with Crippen LogP contribution < -0.4 is 0 Å². The summed E-state index contributed by atoms with van der Waals surface area (Å²) in [5.41, 5.74) is 0. The summed E-state index contributed by atoms with van der Waals surface area (Å²) < 4.78 is 21.2. The highest BCUT2D eigenvalue weighted by molar-refractivity contribution is 5.79. The fraction of sp³-hybridized carbons (Fsp3) is 0.947. The van der Waals surface area contributed by atoms with Crippen LogP contribution in [0.2, 0.25) is 0 Å².